The Balaban J connectivity index is 1.74. The molecule has 2 aliphatic heterocycles. The van der Waals surface area contributed by atoms with Gasteiger partial charge in [-0.1, -0.05) is 30.3 Å². The lowest BCUT2D eigenvalue weighted by molar-refractivity contribution is -0.318. The Morgan fingerprint density at radius 3 is 2.55 bits per heavy atom. The molecule has 2 N–H and O–H groups in total. The highest BCUT2D eigenvalue weighted by Gasteiger charge is 2.48. The largest absolute Gasteiger partial charge is 0.387 e. The van der Waals surface area contributed by atoms with E-state index >= 15 is 0 Å². The second kappa shape index (κ2) is 6.01. The zero-order valence-corrected chi connectivity index (χ0v) is 11.9. The van der Waals surface area contributed by atoms with Gasteiger partial charge in [0.05, 0.1) is 6.61 Å². The van der Waals surface area contributed by atoms with Crippen LogP contribution in [0.3, 0.4) is 0 Å². The van der Waals surface area contributed by atoms with E-state index in [1.807, 2.05) is 36.6 Å². The first-order valence-electron chi connectivity index (χ1n) is 6.57. The number of aliphatic hydroxyl groups excluding tert-OH is 2. The Bertz CT molecular complexity index is 440. The number of ether oxygens (including phenoxy) is 3. The number of hydrogen-bond acceptors (Lipinski definition) is 6. The summed E-state index contributed by atoms with van der Waals surface area (Å²) in [7, 11) is 0. The van der Waals surface area contributed by atoms with Crippen LogP contribution in [-0.4, -0.2) is 52.9 Å². The monoisotopic (exact) mass is 298 g/mol. The van der Waals surface area contributed by atoms with E-state index in [9.17, 15) is 10.2 Å². The van der Waals surface area contributed by atoms with Gasteiger partial charge in [-0.05, 0) is 6.26 Å². The van der Waals surface area contributed by atoms with Crippen LogP contribution in [0.5, 0.6) is 0 Å². The number of hydrogen-bond donors (Lipinski definition) is 2. The number of benzene rings is 1. The van der Waals surface area contributed by atoms with Gasteiger partial charge in [-0.3, -0.25) is 0 Å². The summed E-state index contributed by atoms with van der Waals surface area (Å²) in [5.74, 6) is 0. The van der Waals surface area contributed by atoms with Crippen LogP contribution in [0.15, 0.2) is 30.3 Å². The molecule has 1 unspecified atom stereocenters. The number of thioether (sulfide) groups is 1. The Kier molecular flexibility index (Phi) is 4.30. The molecule has 20 heavy (non-hydrogen) atoms. The average molecular weight is 298 g/mol. The van der Waals surface area contributed by atoms with E-state index in [0.29, 0.717) is 6.61 Å². The molecule has 2 heterocycles. The van der Waals surface area contributed by atoms with E-state index in [1.165, 1.54) is 11.8 Å². The third-order valence-electron chi connectivity index (χ3n) is 3.64. The van der Waals surface area contributed by atoms with Crippen molar-refractivity contribution in [3.63, 3.8) is 0 Å². The van der Waals surface area contributed by atoms with Crippen molar-refractivity contribution in [2.75, 3.05) is 12.9 Å². The van der Waals surface area contributed by atoms with Gasteiger partial charge in [0.25, 0.3) is 0 Å². The third kappa shape index (κ3) is 2.59. The van der Waals surface area contributed by atoms with Gasteiger partial charge in [0, 0.05) is 5.56 Å². The van der Waals surface area contributed by atoms with Crippen molar-refractivity contribution in [1.29, 1.82) is 0 Å². The summed E-state index contributed by atoms with van der Waals surface area (Å²) in [6, 6.07) is 9.53. The van der Waals surface area contributed by atoms with Crippen LogP contribution in [0.4, 0.5) is 0 Å². The van der Waals surface area contributed by atoms with Crippen molar-refractivity contribution < 1.29 is 24.4 Å². The first-order chi connectivity index (χ1) is 9.70. The summed E-state index contributed by atoms with van der Waals surface area (Å²) < 4.78 is 17.2. The van der Waals surface area contributed by atoms with Crippen molar-refractivity contribution in [1.82, 2.24) is 0 Å². The van der Waals surface area contributed by atoms with Crippen LogP contribution >= 0.6 is 11.8 Å². The smallest absolute Gasteiger partial charge is 0.184 e. The van der Waals surface area contributed by atoms with Crippen LogP contribution in [0.1, 0.15) is 11.9 Å². The molecule has 0 bridgehead atoms. The van der Waals surface area contributed by atoms with Gasteiger partial charge in [0.2, 0.25) is 0 Å². The minimum atomic E-state index is -0.971. The van der Waals surface area contributed by atoms with Crippen LogP contribution in [0.25, 0.3) is 0 Å². The van der Waals surface area contributed by atoms with Crippen molar-refractivity contribution >= 4 is 11.8 Å². The molecule has 0 spiro atoms. The first kappa shape index (κ1) is 14.3. The highest BCUT2D eigenvalue weighted by Crippen LogP contribution is 2.35. The fraction of sp³-hybridized carbons (Fsp3) is 0.571. The van der Waals surface area contributed by atoms with E-state index in [1.54, 1.807) is 0 Å². The summed E-state index contributed by atoms with van der Waals surface area (Å²) in [6.07, 6.45) is -1.56. The van der Waals surface area contributed by atoms with Crippen molar-refractivity contribution in [2.24, 2.45) is 0 Å². The van der Waals surface area contributed by atoms with Crippen molar-refractivity contribution in [3.05, 3.63) is 35.9 Å². The molecule has 2 fully saturated rings. The second-order valence-corrected chi connectivity index (χ2v) is 5.87. The average Bonchev–Trinajstić information content (AvgIpc) is 2.51. The molecule has 5 nitrogen and oxygen atoms in total. The Labute approximate surface area is 121 Å². The minimum Gasteiger partial charge on any atom is -0.387 e. The quantitative estimate of drug-likeness (QED) is 0.846. The lowest BCUT2D eigenvalue weighted by Crippen LogP contribution is -2.60. The molecule has 0 radical (unpaired) electrons. The van der Waals surface area contributed by atoms with Crippen molar-refractivity contribution in [2.45, 2.75) is 36.1 Å². The number of rotatable bonds is 2. The predicted molar refractivity (Wildman–Crippen MR) is 74.2 cm³/mol. The molecule has 6 atom stereocenters. The summed E-state index contributed by atoms with van der Waals surface area (Å²) in [5, 5.41) is 20.2. The Morgan fingerprint density at radius 1 is 1.10 bits per heavy atom. The molecular weight excluding hydrogens is 280 g/mol. The van der Waals surface area contributed by atoms with E-state index in [0.717, 1.165) is 5.56 Å². The van der Waals surface area contributed by atoms with Crippen molar-refractivity contribution in [3.8, 4) is 0 Å². The molecule has 2 aliphatic rings. The van der Waals surface area contributed by atoms with Gasteiger partial charge in [0.15, 0.2) is 6.29 Å². The van der Waals surface area contributed by atoms with E-state index in [4.69, 9.17) is 14.2 Å². The van der Waals surface area contributed by atoms with Crippen LogP contribution in [-0.2, 0) is 14.2 Å². The van der Waals surface area contributed by atoms with Crippen LogP contribution < -0.4 is 0 Å². The number of fused-ring (bicyclic) bond motifs is 1. The molecule has 2 saturated heterocycles. The van der Waals surface area contributed by atoms with Gasteiger partial charge < -0.3 is 24.4 Å². The summed E-state index contributed by atoms with van der Waals surface area (Å²) in [5.41, 5.74) is 0.436. The van der Waals surface area contributed by atoms with Gasteiger partial charge in [0.1, 0.15) is 29.9 Å². The molecule has 0 amide bonds. The maximum absolute atomic E-state index is 10.2. The van der Waals surface area contributed by atoms with E-state index < -0.39 is 30.0 Å². The lowest BCUT2D eigenvalue weighted by atomic mass is 9.99. The molecule has 1 aromatic carbocycles. The maximum Gasteiger partial charge on any atom is 0.184 e. The van der Waals surface area contributed by atoms with Gasteiger partial charge >= 0.3 is 0 Å². The molecule has 1 aromatic rings. The fourth-order valence-electron chi connectivity index (χ4n) is 2.55. The van der Waals surface area contributed by atoms with Crippen LogP contribution in [0, 0.1) is 0 Å². The summed E-state index contributed by atoms with van der Waals surface area (Å²) >= 11 is 1.37. The van der Waals surface area contributed by atoms with E-state index in [-0.39, 0.29) is 6.10 Å². The molecule has 0 aliphatic carbocycles. The molecule has 110 valence electrons. The fourth-order valence-corrected chi connectivity index (χ4v) is 3.25. The predicted octanol–water partition coefficient (Wildman–Crippen LogP) is 0.910. The lowest BCUT2D eigenvalue weighted by Gasteiger charge is -2.46. The Hall–Kier alpha value is -0.630. The van der Waals surface area contributed by atoms with E-state index in [2.05, 4.69) is 0 Å². The zero-order chi connectivity index (χ0) is 14.1. The van der Waals surface area contributed by atoms with Gasteiger partial charge in [-0.15, -0.1) is 11.8 Å². The first-order valence-corrected chi connectivity index (χ1v) is 7.86. The highest BCUT2D eigenvalue weighted by molar-refractivity contribution is 7.99. The summed E-state index contributed by atoms with van der Waals surface area (Å²) in [6.45, 7) is 0.338. The molecule has 0 aromatic heterocycles. The standard InChI is InChI=1S/C14H18O5S/c1-20-14-11(16)10(15)12-9(18-14)7-17-13(19-12)8-5-3-2-4-6-8/h2-6,9-16H,7H2,1H3/t9-,10-,11-,12-,13?,14+/m1/s1. The Morgan fingerprint density at radius 2 is 1.85 bits per heavy atom. The second-order valence-electron chi connectivity index (χ2n) is 4.94. The summed E-state index contributed by atoms with van der Waals surface area (Å²) in [4.78, 5) is 0. The number of aliphatic hydroxyl groups is 2. The molecule has 3 rings (SSSR count). The SMILES string of the molecule is CS[C@@H]1O[C@@H]2COC(c3ccccc3)O[C@H]2[C@H](O)[C@H]1O. The molecule has 6 heteroatoms. The van der Waals surface area contributed by atoms with Crippen LogP contribution in [0.2, 0.25) is 0 Å². The minimum absolute atomic E-state index is 0.338. The third-order valence-corrected chi connectivity index (χ3v) is 4.49. The topological polar surface area (TPSA) is 68.2 Å². The maximum atomic E-state index is 10.2. The highest BCUT2D eigenvalue weighted by atomic mass is 32.2. The molecular formula is C14H18O5S. The van der Waals surface area contributed by atoms with Gasteiger partial charge in [-0.2, -0.15) is 0 Å². The molecule has 0 saturated carbocycles. The zero-order valence-electron chi connectivity index (χ0n) is 11.1. The normalized spacial score (nSPS) is 41.1. The van der Waals surface area contributed by atoms with Gasteiger partial charge in [-0.25, -0.2) is 0 Å².